The summed E-state index contributed by atoms with van der Waals surface area (Å²) in [6.45, 7) is 2.28. The molecule has 2 nitrogen and oxygen atoms in total. The zero-order valence-electron chi connectivity index (χ0n) is 14.6. The SMILES string of the molecule is CCCCCC1CCC(/C=C/c2ccc(C(=O)OC)cc2)CC1. The number of ether oxygens (including phenoxy) is 1. The van der Waals surface area contributed by atoms with Gasteiger partial charge in [-0.25, -0.2) is 4.79 Å². The van der Waals surface area contributed by atoms with E-state index >= 15 is 0 Å². The predicted octanol–water partition coefficient (Wildman–Crippen LogP) is 5.87. The number of benzene rings is 1. The van der Waals surface area contributed by atoms with Crippen molar-refractivity contribution in [3.8, 4) is 0 Å². The van der Waals surface area contributed by atoms with Crippen LogP contribution in [0, 0.1) is 11.8 Å². The monoisotopic (exact) mass is 314 g/mol. The minimum atomic E-state index is -0.276. The van der Waals surface area contributed by atoms with Gasteiger partial charge in [0.15, 0.2) is 0 Å². The normalized spacial score (nSPS) is 21.5. The van der Waals surface area contributed by atoms with Gasteiger partial charge in [-0.15, -0.1) is 0 Å². The maximum atomic E-state index is 11.4. The van der Waals surface area contributed by atoms with Gasteiger partial charge in [0.05, 0.1) is 12.7 Å². The first-order valence-electron chi connectivity index (χ1n) is 9.09. The van der Waals surface area contributed by atoms with Crippen LogP contribution in [0.5, 0.6) is 0 Å². The van der Waals surface area contributed by atoms with Crippen molar-refractivity contribution in [3.63, 3.8) is 0 Å². The first kappa shape index (κ1) is 17.8. The van der Waals surface area contributed by atoms with Gasteiger partial charge in [-0.1, -0.05) is 56.9 Å². The van der Waals surface area contributed by atoms with Gasteiger partial charge in [-0.3, -0.25) is 0 Å². The minimum Gasteiger partial charge on any atom is -0.465 e. The summed E-state index contributed by atoms with van der Waals surface area (Å²) in [4.78, 5) is 11.4. The van der Waals surface area contributed by atoms with Crippen LogP contribution < -0.4 is 0 Å². The van der Waals surface area contributed by atoms with Crippen LogP contribution in [0.1, 0.15) is 74.2 Å². The Morgan fingerprint density at radius 1 is 1.13 bits per heavy atom. The third-order valence-electron chi connectivity index (χ3n) is 5.00. The van der Waals surface area contributed by atoms with Crippen LogP contribution in [0.2, 0.25) is 0 Å². The van der Waals surface area contributed by atoms with Gasteiger partial charge < -0.3 is 4.74 Å². The lowest BCUT2D eigenvalue weighted by Crippen LogP contribution is -2.12. The summed E-state index contributed by atoms with van der Waals surface area (Å²) in [6, 6.07) is 7.63. The van der Waals surface area contributed by atoms with E-state index in [-0.39, 0.29) is 5.97 Å². The third kappa shape index (κ3) is 5.85. The van der Waals surface area contributed by atoms with Crippen LogP contribution in [-0.2, 0) is 4.74 Å². The van der Waals surface area contributed by atoms with E-state index in [1.807, 2.05) is 24.3 Å². The van der Waals surface area contributed by atoms with E-state index < -0.39 is 0 Å². The largest absolute Gasteiger partial charge is 0.465 e. The van der Waals surface area contributed by atoms with Gasteiger partial charge in [0.25, 0.3) is 0 Å². The van der Waals surface area contributed by atoms with E-state index in [0.717, 1.165) is 17.4 Å². The molecule has 0 N–H and O–H groups in total. The Hall–Kier alpha value is -1.57. The molecule has 1 aromatic rings. The zero-order valence-corrected chi connectivity index (χ0v) is 14.6. The standard InChI is InChI=1S/C21H30O2/c1-3-4-5-6-17-7-9-18(10-8-17)11-12-19-13-15-20(16-14-19)21(22)23-2/h11-18H,3-10H2,1-2H3/b12-11+. The van der Waals surface area contributed by atoms with Gasteiger partial charge in [0, 0.05) is 0 Å². The highest BCUT2D eigenvalue weighted by Gasteiger charge is 2.18. The lowest BCUT2D eigenvalue weighted by Gasteiger charge is -2.26. The number of methoxy groups -OCH3 is 1. The molecular formula is C21H30O2. The molecule has 0 heterocycles. The number of unbranched alkanes of at least 4 members (excludes halogenated alkanes) is 2. The summed E-state index contributed by atoms with van der Waals surface area (Å²) in [7, 11) is 1.41. The first-order chi connectivity index (χ1) is 11.2. The van der Waals surface area contributed by atoms with Crippen LogP contribution in [0.25, 0.3) is 6.08 Å². The summed E-state index contributed by atoms with van der Waals surface area (Å²) in [6.07, 6.45) is 15.5. The molecule has 0 unspecified atom stereocenters. The predicted molar refractivity (Wildman–Crippen MR) is 96.4 cm³/mol. The molecule has 1 saturated carbocycles. The number of carbonyl (C=O) groups excluding carboxylic acids is 1. The average Bonchev–Trinajstić information content (AvgIpc) is 2.61. The molecule has 2 heteroatoms. The van der Waals surface area contributed by atoms with E-state index in [4.69, 9.17) is 4.74 Å². The van der Waals surface area contributed by atoms with E-state index in [1.54, 1.807) is 0 Å². The fourth-order valence-electron chi connectivity index (χ4n) is 3.45. The van der Waals surface area contributed by atoms with Crippen molar-refractivity contribution in [2.75, 3.05) is 7.11 Å². The van der Waals surface area contributed by atoms with Crippen molar-refractivity contribution in [2.24, 2.45) is 11.8 Å². The fourth-order valence-corrected chi connectivity index (χ4v) is 3.45. The van der Waals surface area contributed by atoms with E-state index in [1.165, 1.54) is 58.5 Å². The summed E-state index contributed by atoms with van der Waals surface area (Å²) >= 11 is 0. The maximum Gasteiger partial charge on any atom is 0.337 e. The Morgan fingerprint density at radius 3 is 2.43 bits per heavy atom. The third-order valence-corrected chi connectivity index (χ3v) is 5.00. The van der Waals surface area contributed by atoms with E-state index in [9.17, 15) is 4.79 Å². The van der Waals surface area contributed by atoms with Gasteiger partial charge in [0.2, 0.25) is 0 Å². The average molecular weight is 314 g/mol. The van der Waals surface area contributed by atoms with Crippen molar-refractivity contribution >= 4 is 12.0 Å². The molecule has 0 amide bonds. The molecule has 0 radical (unpaired) electrons. The minimum absolute atomic E-state index is 0.276. The summed E-state index contributed by atoms with van der Waals surface area (Å²) in [5, 5.41) is 0. The molecule has 126 valence electrons. The van der Waals surface area contributed by atoms with Crippen LogP contribution >= 0.6 is 0 Å². The quantitative estimate of drug-likeness (QED) is 0.464. The van der Waals surface area contributed by atoms with Crippen molar-refractivity contribution in [3.05, 3.63) is 41.5 Å². The Labute approximate surface area is 140 Å². The van der Waals surface area contributed by atoms with Gasteiger partial charge in [-0.2, -0.15) is 0 Å². The smallest absolute Gasteiger partial charge is 0.337 e. The second-order valence-corrected chi connectivity index (χ2v) is 6.75. The lowest BCUT2D eigenvalue weighted by molar-refractivity contribution is 0.0600. The van der Waals surface area contributed by atoms with Crippen LogP contribution in [0.4, 0.5) is 0 Å². The number of esters is 1. The van der Waals surface area contributed by atoms with E-state index in [0.29, 0.717) is 5.56 Å². The molecule has 0 aliphatic heterocycles. The molecule has 0 aromatic heterocycles. The Balaban J connectivity index is 1.77. The molecule has 0 saturated heterocycles. The number of hydrogen-bond acceptors (Lipinski definition) is 2. The molecule has 0 bridgehead atoms. The summed E-state index contributed by atoms with van der Waals surface area (Å²) in [5.74, 6) is 1.41. The molecule has 2 rings (SSSR count). The second kappa shape index (κ2) is 9.54. The van der Waals surface area contributed by atoms with Crippen LogP contribution in [0.15, 0.2) is 30.3 Å². The summed E-state index contributed by atoms with van der Waals surface area (Å²) in [5.41, 5.74) is 1.76. The number of carbonyl (C=O) groups is 1. The zero-order chi connectivity index (χ0) is 16.5. The first-order valence-corrected chi connectivity index (χ1v) is 9.09. The van der Waals surface area contributed by atoms with Gasteiger partial charge in [0.1, 0.15) is 0 Å². The molecular weight excluding hydrogens is 284 g/mol. The van der Waals surface area contributed by atoms with Crippen molar-refractivity contribution in [1.29, 1.82) is 0 Å². The summed E-state index contributed by atoms with van der Waals surface area (Å²) < 4.78 is 4.72. The Kier molecular flexibility index (Phi) is 7.38. The fraction of sp³-hybridized carbons (Fsp3) is 0.571. The Morgan fingerprint density at radius 2 is 1.83 bits per heavy atom. The van der Waals surface area contributed by atoms with Gasteiger partial charge >= 0.3 is 5.97 Å². The van der Waals surface area contributed by atoms with Crippen molar-refractivity contribution < 1.29 is 9.53 Å². The van der Waals surface area contributed by atoms with E-state index in [2.05, 4.69) is 19.1 Å². The van der Waals surface area contributed by atoms with Crippen molar-refractivity contribution in [1.82, 2.24) is 0 Å². The molecule has 0 spiro atoms. The highest BCUT2D eigenvalue weighted by molar-refractivity contribution is 5.89. The lowest BCUT2D eigenvalue weighted by atomic mass is 9.79. The van der Waals surface area contributed by atoms with Crippen molar-refractivity contribution in [2.45, 2.75) is 58.3 Å². The number of rotatable bonds is 7. The molecule has 1 aliphatic carbocycles. The molecule has 1 fully saturated rings. The number of hydrogen-bond donors (Lipinski definition) is 0. The van der Waals surface area contributed by atoms with Gasteiger partial charge in [-0.05, 0) is 55.2 Å². The molecule has 23 heavy (non-hydrogen) atoms. The highest BCUT2D eigenvalue weighted by atomic mass is 16.5. The Bertz CT molecular complexity index is 493. The second-order valence-electron chi connectivity index (χ2n) is 6.75. The molecule has 1 aromatic carbocycles. The van der Waals surface area contributed by atoms with Crippen LogP contribution in [0.3, 0.4) is 0 Å². The maximum absolute atomic E-state index is 11.4. The molecule has 0 atom stereocenters. The van der Waals surface area contributed by atoms with Crippen LogP contribution in [-0.4, -0.2) is 13.1 Å². The highest BCUT2D eigenvalue weighted by Crippen LogP contribution is 2.33. The molecule has 1 aliphatic rings. The topological polar surface area (TPSA) is 26.3 Å². The number of allylic oxidation sites excluding steroid dienone is 1.